The highest BCUT2D eigenvalue weighted by Crippen LogP contribution is 2.31. The van der Waals surface area contributed by atoms with E-state index in [0.717, 1.165) is 5.56 Å². The van der Waals surface area contributed by atoms with Gasteiger partial charge in [0.15, 0.2) is 0 Å². The van der Waals surface area contributed by atoms with Crippen LogP contribution in [0.4, 0.5) is 0 Å². The minimum Gasteiger partial charge on any atom is -0.292 e. The minimum atomic E-state index is -0.415. The van der Waals surface area contributed by atoms with Crippen molar-refractivity contribution >= 4 is 52.1 Å². The lowest BCUT2D eigenvalue weighted by molar-refractivity contribution is -0.124. The molecule has 8 heteroatoms. The molecule has 0 aromatic heterocycles. The van der Waals surface area contributed by atoms with E-state index in [4.69, 9.17) is 12.2 Å². The van der Waals surface area contributed by atoms with Crippen LogP contribution < -0.4 is 10.9 Å². The highest BCUT2D eigenvalue weighted by Gasteiger charge is 2.31. The Labute approximate surface area is 184 Å². The number of amides is 3. The van der Waals surface area contributed by atoms with Crippen molar-refractivity contribution in [2.75, 3.05) is 6.54 Å². The SMILES string of the molecule is O=C(CCN1C(=O)C(=CC=Cc2ccccc2)SC1=S)NNC(=O)c1ccccc1. The maximum atomic E-state index is 12.5. The maximum Gasteiger partial charge on any atom is 0.269 e. The first-order chi connectivity index (χ1) is 14.5. The van der Waals surface area contributed by atoms with Crippen LogP contribution in [0.5, 0.6) is 0 Å². The summed E-state index contributed by atoms with van der Waals surface area (Å²) < 4.78 is 0.403. The van der Waals surface area contributed by atoms with Gasteiger partial charge in [-0.25, -0.2) is 0 Å². The molecule has 1 aliphatic heterocycles. The van der Waals surface area contributed by atoms with Crippen LogP contribution in [0.3, 0.4) is 0 Å². The van der Waals surface area contributed by atoms with Crippen molar-refractivity contribution in [2.45, 2.75) is 6.42 Å². The molecule has 6 nitrogen and oxygen atoms in total. The Morgan fingerprint density at radius 2 is 1.67 bits per heavy atom. The number of hydrogen-bond acceptors (Lipinski definition) is 5. The minimum absolute atomic E-state index is 0.00858. The molecule has 0 atom stereocenters. The first-order valence-corrected chi connectivity index (χ1v) is 10.4. The van der Waals surface area contributed by atoms with E-state index in [9.17, 15) is 14.4 Å². The molecule has 1 saturated heterocycles. The molecule has 0 radical (unpaired) electrons. The number of allylic oxidation sites excluding steroid dienone is 2. The number of hydrazine groups is 1. The fourth-order valence-corrected chi connectivity index (χ4v) is 3.84. The van der Waals surface area contributed by atoms with Gasteiger partial charge in [0.1, 0.15) is 4.32 Å². The van der Waals surface area contributed by atoms with Crippen molar-refractivity contribution in [1.82, 2.24) is 15.8 Å². The van der Waals surface area contributed by atoms with Gasteiger partial charge in [-0.05, 0) is 23.8 Å². The molecule has 3 amide bonds. The average molecular weight is 438 g/mol. The van der Waals surface area contributed by atoms with Gasteiger partial charge in [0, 0.05) is 18.5 Å². The second-order valence-corrected chi connectivity index (χ2v) is 7.92. The monoisotopic (exact) mass is 437 g/mol. The highest BCUT2D eigenvalue weighted by atomic mass is 32.2. The normalized spacial score (nSPS) is 15.1. The van der Waals surface area contributed by atoms with Crippen molar-refractivity contribution in [3.05, 3.63) is 88.8 Å². The van der Waals surface area contributed by atoms with E-state index in [0.29, 0.717) is 14.8 Å². The van der Waals surface area contributed by atoms with E-state index in [1.165, 1.54) is 16.7 Å². The third kappa shape index (κ3) is 5.88. The summed E-state index contributed by atoms with van der Waals surface area (Å²) in [4.78, 5) is 38.4. The second kappa shape index (κ2) is 10.5. The number of carbonyl (C=O) groups excluding carboxylic acids is 3. The van der Waals surface area contributed by atoms with Crippen LogP contribution in [-0.2, 0) is 9.59 Å². The molecule has 2 N–H and O–H groups in total. The van der Waals surface area contributed by atoms with Crippen LogP contribution in [0, 0.1) is 0 Å². The standard InChI is InChI=1S/C22H19N3O3S2/c26-19(23-24-20(27)17-11-5-2-6-12-17)14-15-25-21(28)18(30-22(25)29)13-7-10-16-8-3-1-4-9-16/h1-13H,14-15H2,(H,23,26)(H,24,27). The van der Waals surface area contributed by atoms with E-state index in [-0.39, 0.29) is 18.9 Å². The zero-order valence-electron chi connectivity index (χ0n) is 15.9. The smallest absolute Gasteiger partial charge is 0.269 e. The van der Waals surface area contributed by atoms with Crippen LogP contribution in [-0.4, -0.2) is 33.5 Å². The molecule has 1 aliphatic rings. The lowest BCUT2D eigenvalue weighted by Crippen LogP contribution is -2.43. The van der Waals surface area contributed by atoms with E-state index in [1.807, 2.05) is 36.4 Å². The Bertz CT molecular complexity index is 1000. The Morgan fingerprint density at radius 1 is 1.00 bits per heavy atom. The van der Waals surface area contributed by atoms with Crippen molar-refractivity contribution in [1.29, 1.82) is 0 Å². The summed E-state index contributed by atoms with van der Waals surface area (Å²) in [6.07, 6.45) is 5.42. The first kappa shape index (κ1) is 21.5. The number of rotatable bonds is 6. The van der Waals surface area contributed by atoms with Crippen molar-refractivity contribution in [2.24, 2.45) is 0 Å². The number of benzene rings is 2. The van der Waals surface area contributed by atoms with Gasteiger partial charge in [0.25, 0.3) is 11.8 Å². The lowest BCUT2D eigenvalue weighted by Gasteiger charge is -2.14. The number of thiocarbonyl (C=S) groups is 1. The van der Waals surface area contributed by atoms with Gasteiger partial charge in [-0.2, -0.15) is 0 Å². The molecule has 1 heterocycles. The largest absolute Gasteiger partial charge is 0.292 e. The van der Waals surface area contributed by atoms with E-state index < -0.39 is 11.8 Å². The van der Waals surface area contributed by atoms with Crippen molar-refractivity contribution in [3.63, 3.8) is 0 Å². The second-order valence-electron chi connectivity index (χ2n) is 6.24. The predicted molar refractivity (Wildman–Crippen MR) is 122 cm³/mol. The molecule has 152 valence electrons. The van der Waals surface area contributed by atoms with Gasteiger partial charge in [-0.1, -0.05) is 84.7 Å². The Hall–Kier alpha value is -3.23. The first-order valence-electron chi connectivity index (χ1n) is 9.16. The van der Waals surface area contributed by atoms with Gasteiger partial charge in [-0.15, -0.1) is 0 Å². The summed E-state index contributed by atoms with van der Waals surface area (Å²) in [5.41, 5.74) is 6.15. The van der Waals surface area contributed by atoms with Crippen molar-refractivity contribution < 1.29 is 14.4 Å². The topological polar surface area (TPSA) is 78.5 Å². The molecule has 0 unspecified atom stereocenters. The molecule has 0 saturated carbocycles. The van der Waals surface area contributed by atoms with E-state index in [1.54, 1.807) is 42.5 Å². The number of nitrogens with zero attached hydrogens (tertiary/aromatic N) is 1. The third-order valence-corrected chi connectivity index (χ3v) is 5.52. The summed E-state index contributed by atoms with van der Waals surface area (Å²) in [5.74, 6) is -1.06. The quantitative estimate of drug-likeness (QED) is 0.412. The van der Waals surface area contributed by atoms with Crippen LogP contribution in [0.1, 0.15) is 22.3 Å². The molecule has 3 rings (SSSR count). The summed E-state index contributed by atoms with van der Waals surface area (Å²) in [7, 11) is 0. The van der Waals surface area contributed by atoms with E-state index in [2.05, 4.69) is 10.9 Å². The molecular weight excluding hydrogens is 418 g/mol. The number of hydrogen-bond donors (Lipinski definition) is 2. The number of thioether (sulfide) groups is 1. The molecule has 30 heavy (non-hydrogen) atoms. The molecule has 2 aromatic rings. The van der Waals surface area contributed by atoms with Gasteiger partial charge in [0.05, 0.1) is 4.91 Å². The van der Waals surface area contributed by atoms with E-state index >= 15 is 0 Å². The van der Waals surface area contributed by atoms with Crippen LogP contribution in [0.2, 0.25) is 0 Å². The Morgan fingerprint density at radius 3 is 2.37 bits per heavy atom. The third-order valence-electron chi connectivity index (χ3n) is 4.12. The average Bonchev–Trinajstić information content (AvgIpc) is 3.04. The Kier molecular flexibility index (Phi) is 7.53. The fraction of sp³-hybridized carbons (Fsp3) is 0.0909. The van der Waals surface area contributed by atoms with Crippen LogP contribution in [0.25, 0.3) is 6.08 Å². The zero-order chi connectivity index (χ0) is 21.3. The molecule has 0 aliphatic carbocycles. The van der Waals surface area contributed by atoms with Gasteiger partial charge < -0.3 is 0 Å². The predicted octanol–water partition coefficient (Wildman–Crippen LogP) is 3.30. The summed E-state index contributed by atoms with van der Waals surface area (Å²) >= 11 is 6.46. The molecule has 0 spiro atoms. The summed E-state index contributed by atoms with van der Waals surface area (Å²) in [5, 5.41) is 0. The van der Waals surface area contributed by atoms with Crippen molar-refractivity contribution in [3.8, 4) is 0 Å². The number of nitrogens with one attached hydrogen (secondary N) is 2. The van der Waals surface area contributed by atoms with Gasteiger partial charge >= 0.3 is 0 Å². The maximum absolute atomic E-state index is 12.5. The summed E-state index contributed by atoms with van der Waals surface area (Å²) in [6, 6.07) is 18.3. The zero-order valence-corrected chi connectivity index (χ0v) is 17.5. The van der Waals surface area contributed by atoms with Gasteiger partial charge in [-0.3, -0.25) is 30.1 Å². The summed E-state index contributed by atoms with van der Waals surface area (Å²) in [6.45, 7) is 0.136. The molecule has 2 aromatic carbocycles. The van der Waals surface area contributed by atoms with Crippen LogP contribution >= 0.6 is 24.0 Å². The molecular formula is C22H19N3O3S2. The van der Waals surface area contributed by atoms with Gasteiger partial charge in [0.2, 0.25) is 5.91 Å². The molecule has 1 fully saturated rings. The molecule has 0 bridgehead atoms. The van der Waals surface area contributed by atoms with Crippen LogP contribution in [0.15, 0.2) is 77.7 Å². The highest BCUT2D eigenvalue weighted by molar-refractivity contribution is 8.26. The lowest BCUT2D eigenvalue weighted by atomic mass is 10.2. The Balaban J connectivity index is 1.48. The fourth-order valence-electron chi connectivity index (χ4n) is 2.58. The number of carbonyl (C=O) groups is 3.